The second kappa shape index (κ2) is 8.03. The Morgan fingerprint density at radius 3 is 2.60 bits per heavy atom. The maximum Gasteiger partial charge on any atom is 0.331 e. The lowest BCUT2D eigenvalue weighted by atomic mass is 10.1. The standard InChI is InChI=1S/C11H18O4/c1-3-4-5-9(2)8-15-11(14)7-6-10(12)13/h6-7,9H,3-5,8H2,1-2H3,(H,12,13)/b7-6-. The first kappa shape index (κ1) is 13.7. The summed E-state index contributed by atoms with van der Waals surface area (Å²) in [5.41, 5.74) is 0. The first-order chi connectivity index (χ1) is 7.06. The molecule has 0 aromatic rings. The summed E-state index contributed by atoms with van der Waals surface area (Å²) >= 11 is 0. The molecule has 1 atom stereocenters. The van der Waals surface area contributed by atoms with Crippen LogP contribution in [0.4, 0.5) is 0 Å². The van der Waals surface area contributed by atoms with Crippen LogP contribution in [0.15, 0.2) is 12.2 Å². The van der Waals surface area contributed by atoms with E-state index < -0.39 is 11.9 Å². The van der Waals surface area contributed by atoms with Crippen LogP contribution in [0.3, 0.4) is 0 Å². The third-order valence-corrected chi connectivity index (χ3v) is 1.92. The van der Waals surface area contributed by atoms with Crippen LogP contribution < -0.4 is 0 Å². The van der Waals surface area contributed by atoms with Crippen molar-refractivity contribution in [1.82, 2.24) is 0 Å². The molecule has 0 fully saturated rings. The molecule has 4 heteroatoms. The highest BCUT2D eigenvalue weighted by Gasteiger charge is 2.04. The molecule has 0 amide bonds. The molecular formula is C11H18O4. The van der Waals surface area contributed by atoms with Crippen molar-refractivity contribution in [3.05, 3.63) is 12.2 Å². The summed E-state index contributed by atoms with van der Waals surface area (Å²) in [6.07, 6.45) is 4.96. The molecule has 0 saturated heterocycles. The summed E-state index contributed by atoms with van der Waals surface area (Å²) in [5, 5.41) is 8.26. The normalized spacial score (nSPS) is 12.7. The van der Waals surface area contributed by atoms with Crippen molar-refractivity contribution in [2.24, 2.45) is 5.92 Å². The van der Waals surface area contributed by atoms with E-state index in [0.29, 0.717) is 12.5 Å². The summed E-state index contributed by atoms with van der Waals surface area (Å²) in [6.45, 7) is 4.46. The Hall–Kier alpha value is -1.32. The fourth-order valence-electron chi connectivity index (χ4n) is 1.05. The van der Waals surface area contributed by atoms with Crippen LogP contribution in [0.1, 0.15) is 33.1 Å². The summed E-state index contributed by atoms with van der Waals surface area (Å²) in [4.78, 5) is 21.0. The number of aliphatic carboxylic acids is 1. The van der Waals surface area contributed by atoms with Crippen molar-refractivity contribution < 1.29 is 19.4 Å². The van der Waals surface area contributed by atoms with E-state index in [2.05, 4.69) is 6.92 Å². The van der Waals surface area contributed by atoms with Gasteiger partial charge in [0.2, 0.25) is 0 Å². The van der Waals surface area contributed by atoms with Gasteiger partial charge >= 0.3 is 11.9 Å². The fraction of sp³-hybridized carbons (Fsp3) is 0.636. The Labute approximate surface area is 89.9 Å². The van der Waals surface area contributed by atoms with Crippen LogP contribution in [-0.4, -0.2) is 23.7 Å². The minimum atomic E-state index is -1.15. The van der Waals surface area contributed by atoms with Crippen molar-refractivity contribution in [3.63, 3.8) is 0 Å². The lowest BCUT2D eigenvalue weighted by Crippen LogP contribution is -2.10. The van der Waals surface area contributed by atoms with E-state index in [1.54, 1.807) is 0 Å². The van der Waals surface area contributed by atoms with Gasteiger partial charge in [-0.1, -0.05) is 26.7 Å². The molecule has 0 rings (SSSR count). The average Bonchev–Trinajstić information content (AvgIpc) is 2.20. The molecule has 1 N–H and O–H groups in total. The smallest absolute Gasteiger partial charge is 0.331 e. The van der Waals surface area contributed by atoms with E-state index in [9.17, 15) is 9.59 Å². The van der Waals surface area contributed by atoms with Gasteiger partial charge in [-0.25, -0.2) is 9.59 Å². The van der Waals surface area contributed by atoms with E-state index in [0.717, 1.165) is 31.4 Å². The van der Waals surface area contributed by atoms with Crippen LogP contribution in [-0.2, 0) is 14.3 Å². The number of hydrogen-bond donors (Lipinski definition) is 1. The number of carboxylic acids is 1. The Kier molecular flexibility index (Phi) is 7.32. The first-order valence-electron chi connectivity index (χ1n) is 5.14. The zero-order chi connectivity index (χ0) is 11.7. The lowest BCUT2D eigenvalue weighted by molar-refractivity contribution is -0.139. The number of unbranched alkanes of at least 4 members (excludes halogenated alkanes) is 1. The van der Waals surface area contributed by atoms with E-state index >= 15 is 0 Å². The molecule has 0 bridgehead atoms. The van der Waals surface area contributed by atoms with Gasteiger partial charge in [0.1, 0.15) is 0 Å². The molecule has 0 aromatic heterocycles. The minimum absolute atomic E-state index is 0.326. The van der Waals surface area contributed by atoms with Gasteiger partial charge < -0.3 is 9.84 Å². The topological polar surface area (TPSA) is 63.6 Å². The number of ether oxygens (including phenoxy) is 1. The summed E-state index contributed by atoms with van der Waals surface area (Å²) in [5.74, 6) is -1.42. The molecule has 15 heavy (non-hydrogen) atoms. The summed E-state index contributed by atoms with van der Waals surface area (Å²) < 4.78 is 4.86. The molecule has 0 heterocycles. The first-order valence-corrected chi connectivity index (χ1v) is 5.14. The monoisotopic (exact) mass is 214 g/mol. The molecule has 0 spiro atoms. The Morgan fingerprint density at radius 2 is 2.07 bits per heavy atom. The van der Waals surface area contributed by atoms with Crippen molar-refractivity contribution in [2.45, 2.75) is 33.1 Å². The molecule has 0 aromatic carbocycles. The van der Waals surface area contributed by atoms with E-state index in [1.807, 2.05) is 6.92 Å². The second-order valence-corrected chi connectivity index (χ2v) is 3.55. The third-order valence-electron chi connectivity index (χ3n) is 1.92. The molecule has 0 aliphatic carbocycles. The van der Waals surface area contributed by atoms with Gasteiger partial charge in [-0.3, -0.25) is 0 Å². The van der Waals surface area contributed by atoms with E-state index in [1.165, 1.54) is 0 Å². The lowest BCUT2D eigenvalue weighted by Gasteiger charge is -2.09. The Bertz CT molecular complexity index is 233. The molecular weight excluding hydrogens is 196 g/mol. The zero-order valence-electron chi connectivity index (χ0n) is 9.23. The molecule has 0 saturated carbocycles. The number of rotatable bonds is 7. The highest BCUT2D eigenvalue weighted by Crippen LogP contribution is 2.07. The van der Waals surface area contributed by atoms with Crippen molar-refractivity contribution >= 4 is 11.9 Å². The van der Waals surface area contributed by atoms with Gasteiger partial charge in [0.05, 0.1) is 6.61 Å². The Morgan fingerprint density at radius 1 is 1.40 bits per heavy atom. The number of esters is 1. The van der Waals surface area contributed by atoms with Crippen LogP contribution in [0.5, 0.6) is 0 Å². The highest BCUT2D eigenvalue weighted by molar-refractivity contribution is 5.90. The van der Waals surface area contributed by atoms with E-state index in [4.69, 9.17) is 9.84 Å². The van der Waals surface area contributed by atoms with Gasteiger partial charge in [0, 0.05) is 12.2 Å². The summed E-state index contributed by atoms with van der Waals surface area (Å²) in [7, 11) is 0. The molecule has 86 valence electrons. The van der Waals surface area contributed by atoms with E-state index in [-0.39, 0.29) is 0 Å². The van der Waals surface area contributed by atoms with Gasteiger partial charge in [0.15, 0.2) is 0 Å². The highest BCUT2D eigenvalue weighted by atomic mass is 16.5. The SMILES string of the molecule is CCCCC(C)COC(=O)/C=C\C(=O)O. The molecule has 0 aliphatic heterocycles. The largest absolute Gasteiger partial charge is 0.478 e. The number of hydrogen-bond acceptors (Lipinski definition) is 3. The molecule has 0 radical (unpaired) electrons. The van der Waals surface area contributed by atoms with Crippen LogP contribution >= 0.6 is 0 Å². The Balaban J connectivity index is 3.66. The van der Waals surface area contributed by atoms with Gasteiger partial charge in [0.25, 0.3) is 0 Å². The summed E-state index contributed by atoms with van der Waals surface area (Å²) in [6, 6.07) is 0. The van der Waals surface area contributed by atoms with Crippen molar-refractivity contribution in [1.29, 1.82) is 0 Å². The fourth-order valence-corrected chi connectivity index (χ4v) is 1.05. The second-order valence-electron chi connectivity index (χ2n) is 3.55. The van der Waals surface area contributed by atoms with Crippen molar-refractivity contribution in [3.8, 4) is 0 Å². The van der Waals surface area contributed by atoms with Crippen LogP contribution in [0.2, 0.25) is 0 Å². The molecule has 4 nitrogen and oxygen atoms in total. The minimum Gasteiger partial charge on any atom is -0.478 e. The van der Waals surface area contributed by atoms with Crippen LogP contribution in [0, 0.1) is 5.92 Å². The number of carbonyl (C=O) groups is 2. The third kappa shape index (κ3) is 9.00. The quantitative estimate of drug-likeness (QED) is 0.520. The van der Waals surface area contributed by atoms with Crippen LogP contribution in [0.25, 0.3) is 0 Å². The maximum atomic E-state index is 11.0. The average molecular weight is 214 g/mol. The zero-order valence-corrected chi connectivity index (χ0v) is 9.23. The molecule has 1 unspecified atom stereocenters. The van der Waals surface area contributed by atoms with Gasteiger partial charge in [-0.05, 0) is 12.3 Å². The maximum absolute atomic E-state index is 11.0. The van der Waals surface area contributed by atoms with Gasteiger partial charge in [-0.2, -0.15) is 0 Å². The predicted molar refractivity (Wildman–Crippen MR) is 56.4 cm³/mol. The van der Waals surface area contributed by atoms with Crippen molar-refractivity contribution in [2.75, 3.05) is 6.61 Å². The molecule has 0 aliphatic rings. The van der Waals surface area contributed by atoms with Gasteiger partial charge in [-0.15, -0.1) is 0 Å². The number of carboxylic acid groups (broad SMARTS) is 1. The number of carbonyl (C=O) groups excluding carboxylic acids is 1. The predicted octanol–water partition coefficient (Wildman–Crippen LogP) is 2.00.